The molecule has 0 spiro atoms. The minimum absolute atomic E-state index is 0.175. The van der Waals surface area contributed by atoms with Gasteiger partial charge in [0.15, 0.2) is 0 Å². The molecule has 0 fully saturated rings. The molecule has 1 rings (SSSR count). The second-order valence-corrected chi connectivity index (χ2v) is 3.24. The van der Waals surface area contributed by atoms with Crippen molar-refractivity contribution in [1.29, 1.82) is 0 Å². The van der Waals surface area contributed by atoms with E-state index in [9.17, 15) is 4.79 Å². The van der Waals surface area contributed by atoms with Crippen molar-refractivity contribution in [1.82, 2.24) is 15.5 Å². The van der Waals surface area contributed by atoms with E-state index in [4.69, 9.17) is 4.74 Å². The van der Waals surface area contributed by atoms with Gasteiger partial charge in [-0.15, -0.1) is 0 Å². The highest BCUT2D eigenvalue weighted by atomic mass is 16.5. The molecule has 0 aliphatic rings. The molecular formula is C10H15N3O2. The maximum absolute atomic E-state index is 11.3. The fourth-order valence-electron chi connectivity index (χ4n) is 0.961. The first-order valence-corrected chi connectivity index (χ1v) is 4.70. The molecule has 0 atom stereocenters. The average Bonchev–Trinajstić information content (AvgIpc) is 2.69. The van der Waals surface area contributed by atoms with E-state index in [0.717, 1.165) is 5.57 Å². The van der Waals surface area contributed by atoms with Crippen LogP contribution in [0.5, 0.6) is 0 Å². The summed E-state index contributed by atoms with van der Waals surface area (Å²) in [5.74, 6) is -0.175. The molecule has 0 aliphatic heterocycles. The first kappa shape index (κ1) is 11.5. The number of nitrogens with one attached hydrogen (secondary N) is 2. The summed E-state index contributed by atoms with van der Waals surface area (Å²) < 4.78 is 5.22. The van der Waals surface area contributed by atoms with Crippen LogP contribution < -0.4 is 5.32 Å². The number of carbonyl (C=O) groups is 1. The van der Waals surface area contributed by atoms with Gasteiger partial charge in [-0.2, -0.15) is 5.10 Å². The average molecular weight is 209 g/mol. The van der Waals surface area contributed by atoms with Crippen molar-refractivity contribution in [2.75, 3.05) is 19.8 Å². The van der Waals surface area contributed by atoms with Gasteiger partial charge in [-0.05, 0) is 13.0 Å². The van der Waals surface area contributed by atoms with E-state index >= 15 is 0 Å². The molecule has 1 amide bonds. The highest BCUT2D eigenvalue weighted by Crippen LogP contribution is 1.90. The Morgan fingerprint density at radius 3 is 3.13 bits per heavy atom. The van der Waals surface area contributed by atoms with Gasteiger partial charge in [-0.3, -0.25) is 9.89 Å². The third-order valence-electron chi connectivity index (χ3n) is 1.63. The first-order valence-electron chi connectivity index (χ1n) is 4.70. The predicted octanol–water partition coefficient (Wildman–Crippen LogP) is 0.732. The summed E-state index contributed by atoms with van der Waals surface area (Å²) >= 11 is 0. The highest BCUT2D eigenvalue weighted by molar-refractivity contribution is 5.92. The third-order valence-corrected chi connectivity index (χ3v) is 1.63. The lowest BCUT2D eigenvalue weighted by atomic mass is 10.4. The number of aromatic nitrogens is 2. The number of hydrogen-bond acceptors (Lipinski definition) is 3. The molecule has 5 nitrogen and oxygen atoms in total. The number of nitrogens with zero attached hydrogens (tertiary/aromatic N) is 1. The van der Waals surface area contributed by atoms with Crippen LogP contribution in [0.3, 0.4) is 0 Å². The number of H-pyrrole nitrogens is 1. The smallest absolute Gasteiger partial charge is 0.269 e. The molecule has 1 aromatic heterocycles. The molecule has 5 heteroatoms. The molecule has 0 radical (unpaired) electrons. The van der Waals surface area contributed by atoms with Crippen LogP contribution in [0.2, 0.25) is 0 Å². The fourth-order valence-corrected chi connectivity index (χ4v) is 0.961. The zero-order chi connectivity index (χ0) is 11.1. The van der Waals surface area contributed by atoms with E-state index in [1.165, 1.54) is 6.20 Å². The van der Waals surface area contributed by atoms with Crippen LogP contribution >= 0.6 is 0 Å². The van der Waals surface area contributed by atoms with E-state index in [0.29, 0.717) is 25.5 Å². The van der Waals surface area contributed by atoms with Crippen molar-refractivity contribution in [2.45, 2.75) is 6.92 Å². The van der Waals surface area contributed by atoms with Crippen LogP contribution in [0, 0.1) is 0 Å². The summed E-state index contributed by atoms with van der Waals surface area (Å²) in [6, 6.07) is 1.62. The standard InChI is InChI=1S/C10H15N3O2/c1-8(2)7-15-6-5-11-10(14)9-3-4-12-13-9/h3-4H,1,5-7H2,2H3,(H,11,14)(H,12,13). The van der Waals surface area contributed by atoms with E-state index in [-0.39, 0.29) is 5.91 Å². The lowest BCUT2D eigenvalue weighted by Gasteiger charge is -2.04. The number of rotatable bonds is 6. The molecule has 2 N–H and O–H groups in total. The van der Waals surface area contributed by atoms with Crippen molar-refractivity contribution < 1.29 is 9.53 Å². The van der Waals surface area contributed by atoms with E-state index in [1.54, 1.807) is 6.07 Å². The molecule has 0 aromatic carbocycles. The zero-order valence-corrected chi connectivity index (χ0v) is 8.75. The van der Waals surface area contributed by atoms with Crippen LogP contribution in [0.4, 0.5) is 0 Å². The molecule has 1 heterocycles. The molecule has 0 saturated carbocycles. The summed E-state index contributed by atoms with van der Waals surface area (Å²) in [7, 11) is 0. The van der Waals surface area contributed by atoms with Crippen molar-refractivity contribution in [3.05, 3.63) is 30.1 Å². The number of carbonyl (C=O) groups excluding carboxylic acids is 1. The maximum atomic E-state index is 11.3. The normalized spacial score (nSPS) is 9.93. The lowest BCUT2D eigenvalue weighted by Crippen LogP contribution is -2.27. The molecular weight excluding hydrogens is 194 g/mol. The molecule has 82 valence electrons. The molecule has 1 aromatic rings. The fraction of sp³-hybridized carbons (Fsp3) is 0.400. The van der Waals surface area contributed by atoms with Gasteiger partial charge in [-0.1, -0.05) is 12.2 Å². The van der Waals surface area contributed by atoms with Gasteiger partial charge >= 0.3 is 0 Å². The van der Waals surface area contributed by atoms with E-state index in [1.807, 2.05) is 6.92 Å². The topological polar surface area (TPSA) is 67.0 Å². The zero-order valence-electron chi connectivity index (χ0n) is 8.75. The molecule has 0 bridgehead atoms. The maximum Gasteiger partial charge on any atom is 0.269 e. The Labute approximate surface area is 88.5 Å². The number of hydrogen-bond donors (Lipinski definition) is 2. The van der Waals surface area contributed by atoms with Crippen molar-refractivity contribution >= 4 is 5.91 Å². The molecule has 0 unspecified atom stereocenters. The Kier molecular flexibility index (Phi) is 4.56. The summed E-state index contributed by atoms with van der Waals surface area (Å²) in [5.41, 5.74) is 1.42. The Hall–Kier alpha value is -1.62. The van der Waals surface area contributed by atoms with Crippen LogP contribution in [0.15, 0.2) is 24.4 Å². The first-order chi connectivity index (χ1) is 7.20. The van der Waals surface area contributed by atoms with Crippen molar-refractivity contribution in [2.24, 2.45) is 0 Å². The van der Waals surface area contributed by atoms with Gasteiger partial charge in [-0.25, -0.2) is 0 Å². The minimum Gasteiger partial charge on any atom is -0.375 e. The Morgan fingerprint density at radius 2 is 2.53 bits per heavy atom. The third kappa shape index (κ3) is 4.42. The van der Waals surface area contributed by atoms with Gasteiger partial charge < -0.3 is 10.1 Å². The summed E-state index contributed by atoms with van der Waals surface area (Å²) in [6.07, 6.45) is 1.53. The second kappa shape index (κ2) is 5.98. The van der Waals surface area contributed by atoms with Crippen LogP contribution in [-0.4, -0.2) is 35.9 Å². The van der Waals surface area contributed by atoms with Crippen LogP contribution in [0.1, 0.15) is 17.4 Å². The van der Waals surface area contributed by atoms with Gasteiger partial charge in [0.2, 0.25) is 0 Å². The second-order valence-electron chi connectivity index (χ2n) is 3.24. The van der Waals surface area contributed by atoms with Gasteiger partial charge in [0.1, 0.15) is 5.69 Å². The van der Waals surface area contributed by atoms with Gasteiger partial charge in [0.25, 0.3) is 5.91 Å². The molecule has 15 heavy (non-hydrogen) atoms. The van der Waals surface area contributed by atoms with Crippen LogP contribution in [-0.2, 0) is 4.74 Å². The Bertz CT molecular complexity index is 319. The largest absolute Gasteiger partial charge is 0.375 e. The number of ether oxygens (including phenoxy) is 1. The number of amides is 1. The van der Waals surface area contributed by atoms with Crippen molar-refractivity contribution in [3.63, 3.8) is 0 Å². The van der Waals surface area contributed by atoms with E-state index < -0.39 is 0 Å². The molecule has 0 aliphatic carbocycles. The summed E-state index contributed by atoms with van der Waals surface area (Å²) in [4.78, 5) is 11.3. The Morgan fingerprint density at radius 1 is 1.73 bits per heavy atom. The number of aromatic amines is 1. The van der Waals surface area contributed by atoms with Gasteiger partial charge in [0, 0.05) is 12.7 Å². The van der Waals surface area contributed by atoms with E-state index in [2.05, 4.69) is 22.1 Å². The highest BCUT2D eigenvalue weighted by Gasteiger charge is 2.04. The summed E-state index contributed by atoms with van der Waals surface area (Å²) in [6.45, 7) is 7.08. The molecule has 0 saturated heterocycles. The quantitative estimate of drug-likeness (QED) is 0.536. The predicted molar refractivity (Wildman–Crippen MR) is 56.6 cm³/mol. The summed E-state index contributed by atoms with van der Waals surface area (Å²) in [5, 5.41) is 8.96. The monoisotopic (exact) mass is 209 g/mol. The van der Waals surface area contributed by atoms with Crippen LogP contribution in [0.25, 0.3) is 0 Å². The Balaban J connectivity index is 2.10. The van der Waals surface area contributed by atoms with Gasteiger partial charge in [0.05, 0.1) is 13.2 Å². The lowest BCUT2D eigenvalue weighted by molar-refractivity contribution is 0.0922. The SMILES string of the molecule is C=C(C)COCCNC(=O)c1ccn[nH]1. The minimum atomic E-state index is -0.175. The van der Waals surface area contributed by atoms with Crippen molar-refractivity contribution in [3.8, 4) is 0 Å².